The smallest absolute Gasteiger partial charge is 0.235 e. The third kappa shape index (κ3) is 3.97. The molecule has 0 saturated carbocycles. The van der Waals surface area contributed by atoms with Crippen molar-refractivity contribution in [1.82, 2.24) is 4.90 Å². The average molecular weight is 191 g/mol. The molecule has 0 radical (unpaired) electrons. The van der Waals surface area contributed by atoms with E-state index < -0.39 is 0 Å². The summed E-state index contributed by atoms with van der Waals surface area (Å²) in [5.41, 5.74) is 0. The molecular formula is C8H17NO2S. The topological polar surface area (TPSA) is 40.5 Å². The van der Waals surface area contributed by atoms with Gasteiger partial charge in [0.2, 0.25) is 5.91 Å². The molecule has 3 nitrogen and oxygen atoms in total. The Balaban J connectivity index is 3.99. The Morgan fingerprint density at radius 2 is 2.17 bits per heavy atom. The Bertz CT molecular complexity index is 133. The van der Waals surface area contributed by atoms with Crippen molar-refractivity contribution in [1.29, 1.82) is 0 Å². The van der Waals surface area contributed by atoms with Gasteiger partial charge in [0.25, 0.3) is 0 Å². The molecule has 0 rings (SSSR count). The third-order valence-corrected chi connectivity index (χ3v) is 1.75. The fourth-order valence-corrected chi connectivity index (χ4v) is 1.15. The van der Waals surface area contributed by atoms with E-state index in [9.17, 15) is 4.79 Å². The lowest BCUT2D eigenvalue weighted by Crippen LogP contribution is -2.38. The van der Waals surface area contributed by atoms with Gasteiger partial charge >= 0.3 is 0 Å². The normalized spacial score (nSPS) is 12.7. The van der Waals surface area contributed by atoms with Gasteiger partial charge in [-0.1, -0.05) is 6.92 Å². The maximum Gasteiger partial charge on any atom is 0.235 e. The van der Waals surface area contributed by atoms with Gasteiger partial charge in [-0.2, -0.15) is 12.6 Å². The second-order valence-corrected chi connectivity index (χ2v) is 3.50. The first-order chi connectivity index (χ1) is 5.63. The number of aliphatic hydroxyl groups is 1. The highest BCUT2D eigenvalue weighted by atomic mass is 32.1. The van der Waals surface area contributed by atoms with Crippen LogP contribution in [0.5, 0.6) is 0 Å². The molecule has 0 aliphatic rings. The minimum Gasteiger partial charge on any atom is -0.395 e. The van der Waals surface area contributed by atoms with Crippen LogP contribution in [0.3, 0.4) is 0 Å². The minimum atomic E-state index is -0.275. The van der Waals surface area contributed by atoms with E-state index in [2.05, 4.69) is 12.6 Å². The first kappa shape index (κ1) is 11.8. The predicted molar refractivity (Wildman–Crippen MR) is 52.4 cm³/mol. The molecule has 0 aromatic carbocycles. The van der Waals surface area contributed by atoms with Crippen molar-refractivity contribution in [3.05, 3.63) is 0 Å². The van der Waals surface area contributed by atoms with Gasteiger partial charge in [0, 0.05) is 13.1 Å². The first-order valence-electron chi connectivity index (χ1n) is 4.21. The molecule has 0 aromatic heterocycles. The first-order valence-corrected chi connectivity index (χ1v) is 4.72. The molecule has 12 heavy (non-hydrogen) atoms. The largest absolute Gasteiger partial charge is 0.395 e. The van der Waals surface area contributed by atoms with Crippen LogP contribution in [0.15, 0.2) is 0 Å². The van der Waals surface area contributed by atoms with Crippen molar-refractivity contribution in [3.8, 4) is 0 Å². The highest BCUT2D eigenvalue weighted by Crippen LogP contribution is 2.01. The number of hydrogen-bond donors (Lipinski definition) is 2. The summed E-state index contributed by atoms with van der Waals surface area (Å²) in [6.07, 6.45) is 0.909. The summed E-state index contributed by atoms with van der Waals surface area (Å²) >= 11 is 4.05. The van der Waals surface area contributed by atoms with Gasteiger partial charge in [-0.05, 0) is 13.3 Å². The predicted octanol–water partition coefficient (Wildman–Crippen LogP) is 0.536. The van der Waals surface area contributed by atoms with Gasteiger partial charge in [0.1, 0.15) is 0 Å². The summed E-state index contributed by atoms with van der Waals surface area (Å²) in [6.45, 7) is 4.88. The third-order valence-electron chi connectivity index (χ3n) is 1.53. The van der Waals surface area contributed by atoms with Gasteiger partial charge in [-0.25, -0.2) is 0 Å². The number of thiol groups is 1. The highest BCUT2D eigenvalue weighted by molar-refractivity contribution is 7.81. The van der Waals surface area contributed by atoms with Crippen LogP contribution >= 0.6 is 12.6 Å². The number of aliphatic hydroxyl groups excluding tert-OH is 1. The number of rotatable bonds is 5. The summed E-state index contributed by atoms with van der Waals surface area (Å²) in [6, 6.07) is 0. The van der Waals surface area contributed by atoms with E-state index in [0.29, 0.717) is 13.1 Å². The number of nitrogens with zero attached hydrogens (tertiary/aromatic N) is 1. The molecule has 0 bridgehead atoms. The Hall–Kier alpha value is -0.220. The molecule has 1 atom stereocenters. The zero-order valence-corrected chi connectivity index (χ0v) is 8.55. The molecule has 0 aliphatic heterocycles. The van der Waals surface area contributed by atoms with Crippen molar-refractivity contribution in [2.45, 2.75) is 25.5 Å². The Kier molecular flexibility index (Phi) is 6.20. The maximum absolute atomic E-state index is 11.4. The second-order valence-electron chi connectivity index (χ2n) is 2.72. The molecule has 0 fully saturated rings. The lowest BCUT2D eigenvalue weighted by Gasteiger charge is -2.22. The summed E-state index contributed by atoms with van der Waals surface area (Å²) < 4.78 is 0. The fraction of sp³-hybridized carbons (Fsp3) is 0.875. The quantitative estimate of drug-likeness (QED) is 0.623. The lowest BCUT2D eigenvalue weighted by molar-refractivity contribution is -0.130. The fourth-order valence-electron chi connectivity index (χ4n) is 0.987. The van der Waals surface area contributed by atoms with E-state index in [-0.39, 0.29) is 17.8 Å². The number of carbonyl (C=O) groups excluding carboxylic acids is 1. The molecular weight excluding hydrogens is 174 g/mol. The Morgan fingerprint density at radius 1 is 1.58 bits per heavy atom. The Labute approximate surface area is 79.2 Å². The van der Waals surface area contributed by atoms with Gasteiger partial charge < -0.3 is 10.0 Å². The van der Waals surface area contributed by atoms with Crippen LogP contribution in [-0.2, 0) is 4.79 Å². The van der Waals surface area contributed by atoms with E-state index in [4.69, 9.17) is 5.11 Å². The molecule has 4 heteroatoms. The van der Waals surface area contributed by atoms with E-state index in [1.54, 1.807) is 11.8 Å². The molecule has 0 aromatic rings. The SMILES string of the molecule is CCCN(CCO)C(=O)C(C)S. The van der Waals surface area contributed by atoms with Crippen LogP contribution in [0.2, 0.25) is 0 Å². The van der Waals surface area contributed by atoms with E-state index in [1.165, 1.54) is 0 Å². The monoisotopic (exact) mass is 191 g/mol. The number of amides is 1. The van der Waals surface area contributed by atoms with Crippen LogP contribution in [0.4, 0.5) is 0 Å². The van der Waals surface area contributed by atoms with Crippen LogP contribution in [0, 0.1) is 0 Å². The average Bonchev–Trinajstić information content (AvgIpc) is 2.03. The minimum absolute atomic E-state index is 0.00534. The molecule has 0 saturated heterocycles. The summed E-state index contributed by atoms with van der Waals surface area (Å²) in [4.78, 5) is 13.0. The zero-order chi connectivity index (χ0) is 9.56. The van der Waals surface area contributed by atoms with Gasteiger partial charge in [0.05, 0.1) is 11.9 Å². The van der Waals surface area contributed by atoms with Crippen molar-refractivity contribution >= 4 is 18.5 Å². The molecule has 72 valence electrons. The molecule has 0 aliphatic carbocycles. The summed E-state index contributed by atoms with van der Waals surface area (Å²) in [7, 11) is 0. The van der Waals surface area contributed by atoms with E-state index >= 15 is 0 Å². The number of carbonyl (C=O) groups is 1. The van der Waals surface area contributed by atoms with Crippen LogP contribution in [0.25, 0.3) is 0 Å². The maximum atomic E-state index is 11.4. The zero-order valence-electron chi connectivity index (χ0n) is 7.66. The van der Waals surface area contributed by atoms with E-state index in [0.717, 1.165) is 6.42 Å². The van der Waals surface area contributed by atoms with Crippen LogP contribution in [-0.4, -0.2) is 40.9 Å². The lowest BCUT2D eigenvalue weighted by atomic mass is 10.3. The second kappa shape index (κ2) is 6.31. The van der Waals surface area contributed by atoms with Gasteiger partial charge in [-0.15, -0.1) is 0 Å². The Morgan fingerprint density at radius 3 is 2.50 bits per heavy atom. The van der Waals surface area contributed by atoms with Crippen LogP contribution < -0.4 is 0 Å². The molecule has 1 amide bonds. The van der Waals surface area contributed by atoms with Gasteiger partial charge in [-0.3, -0.25) is 4.79 Å². The van der Waals surface area contributed by atoms with Crippen molar-refractivity contribution in [3.63, 3.8) is 0 Å². The molecule has 0 heterocycles. The van der Waals surface area contributed by atoms with Crippen molar-refractivity contribution in [2.24, 2.45) is 0 Å². The number of hydrogen-bond acceptors (Lipinski definition) is 3. The van der Waals surface area contributed by atoms with Crippen LogP contribution in [0.1, 0.15) is 20.3 Å². The molecule has 1 unspecified atom stereocenters. The molecule has 0 spiro atoms. The van der Waals surface area contributed by atoms with E-state index in [1.807, 2.05) is 6.92 Å². The summed E-state index contributed by atoms with van der Waals surface area (Å²) in [5.74, 6) is -0.00534. The molecule has 1 N–H and O–H groups in total. The van der Waals surface area contributed by atoms with Crippen molar-refractivity contribution < 1.29 is 9.90 Å². The van der Waals surface area contributed by atoms with Crippen molar-refractivity contribution in [2.75, 3.05) is 19.7 Å². The standard InChI is InChI=1S/C8H17NO2S/c1-3-4-9(5-6-10)8(11)7(2)12/h7,10,12H,3-6H2,1-2H3. The summed E-state index contributed by atoms with van der Waals surface area (Å²) in [5, 5.41) is 8.40. The highest BCUT2D eigenvalue weighted by Gasteiger charge is 2.15. The van der Waals surface area contributed by atoms with Gasteiger partial charge in [0.15, 0.2) is 0 Å².